The van der Waals surface area contributed by atoms with Crippen LogP contribution in [-0.4, -0.2) is 64.2 Å². The zero-order valence-electron chi connectivity index (χ0n) is 20.1. The van der Waals surface area contributed by atoms with Gasteiger partial charge in [-0.05, 0) is 18.6 Å². The van der Waals surface area contributed by atoms with Gasteiger partial charge in [-0.2, -0.15) is 0 Å². The number of carboxylic acids is 2. The molecule has 0 amide bonds. The lowest BCUT2D eigenvalue weighted by Crippen LogP contribution is -2.32. The fourth-order valence-electron chi connectivity index (χ4n) is 4.59. The average Bonchev–Trinajstić information content (AvgIpc) is 3.10. The van der Waals surface area contributed by atoms with Gasteiger partial charge in [0.05, 0.1) is 5.70 Å². The van der Waals surface area contributed by atoms with Crippen molar-refractivity contribution in [2.75, 3.05) is 13.6 Å². The Kier molecular flexibility index (Phi) is 9.63. The van der Waals surface area contributed by atoms with Gasteiger partial charge in [-0.3, -0.25) is 0 Å². The van der Waals surface area contributed by atoms with Crippen molar-refractivity contribution in [1.82, 2.24) is 9.80 Å². The maximum absolute atomic E-state index is 12.0. The summed E-state index contributed by atoms with van der Waals surface area (Å²) < 4.78 is 0. The maximum Gasteiger partial charge on any atom is 0.340 e. The number of aromatic hydroxyl groups is 2. The summed E-state index contributed by atoms with van der Waals surface area (Å²) in [7, 11) is 1.78. The van der Waals surface area contributed by atoms with Crippen LogP contribution in [0.5, 0.6) is 11.5 Å². The third-order valence-electron chi connectivity index (χ3n) is 6.17. The molecule has 2 aromatic rings. The molecule has 2 aromatic carbocycles. The number of nitrogens with zero attached hydrogens (tertiary/aromatic N) is 2. The second kappa shape index (κ2) is 12.2. The number of carboxylic acid groups (broad SMARTS) is 2. The largest absolute Gasteiger partial charge is 0.507 e. The average molecular weight is 479 g/mol. The third-order valence-corrected chi connectivity index (χ3v) is 6.17. The molecular weight excluding hydrogens is 447 g/mol. The van der Waals surface area contributed by atoms with Gasteiger partial charge in [0.15, 0.2) is 0 Å². The first-order valence-corrected chi connectivity index (χ1v) is 11.6. The highest BCUT2D eigenvalue weighted by molar-refractivity contribution is 5.97. The molecule has 1 atom stereocenters. The Morgan fingerprint density at radius 2 is 1.43 bits per heavy atom. The minimum atomic E-state index is -1.25. The van der Waals surface area contributed by atoms with Crippen molar-refractivity contribution in [2.45, 2.75) is 51.6 Å². The predicted molar refractivity (Wildman–Crippen MR) is 134 cm³/mol. The number of carbonyl (C=O) groups is 2. The Bertz CT molecular complexity index is 1090. The lowest BCUT2D eigenvalue weighted by molar-refractivity contribution is 0.0679. The van der Waals surface area contributed by atoms with Crippen molar-refractivity contribution < 1.29 is 30.0 Å². The van der Waals surface area contributed by atoms with E-state index in [1.54, 1.807) is 37.5 Å². The van der Waals surface area contributed by atoms with E-state index in [2.05, 4.69) is 6.92 Å². The van der Waals surface area contributed by atoms with E-state index < -0.39 is 18.1 Å². The lowest BCUT2D eigenvalue weighted by Gasteiger charge is -2.34. The van der Waals surface area contributed by atoms with Gasteiger partial charge in [-0.1, -0.05) is 63.3 Å². The Morgan fingerprint density at radius 1 is 0.857 bits per heavy atom. The summed E-state index contributed by atoms with van der Waals surface area (Å²) in [6.45, 7) is 2.71. The summed E-state index contributed by atoms with van der Waals surface area (Å²) >= 11 is 0. The Hall–Kier alpha value is -3.62. The molecule has 35 heavy (non-hydrogen) atoms. The van der Waals surface area contributed by atoms with E-state index in [0.717, 1.165) is 32.1 Å². The summed E-state index contributed by atoms with van der Waals surface area (Å²) in [5, 5.41) is 40.1. The van der Waals surface area contributed by atoms with Crippen molar-refractivity contribution in [2.24, 2.45) is 0 Å². The van der Waals surface area contributed by atoms with Gasteiger partial charge in [-0.25, -0.2) is 9.59 Å². The second-order valence-corrected chi connectivity index (χ2v) is 8.57. The number of hydrogen-bond acceptors (Lipinski definition) is 6. The van der Waals surface area contributed by atoms with Crippen LogP contribution in [0.1, 0.15) is 83.5 Å². The van der Waals surface area contributed by atoms with E-state index in [4.69, 9.17) is 0 Å². The van der Waals surface area contributed by atoms with Gasteiger partial charge in [0.2, 0.25) is 0 Å². The molecule has 0 saturated heterocycles. The summed E-state index contributed by atoms with van der Waals surface area (Å²) in [6, 6.07) is 9.16. The molecule has 0 bridgehead atoms. The number of rotatable bonds is 11. The first-order valence-electron chi connectivity index (χ1n) is 11.6. The van der Waals surface area contributed by atoms with Crippen LogP contribution in [0.4, 0.5) is 0 Å². The topological polar surface area (TPSA) is 122 Å². The van der Waals surface area contributed by atoms with Crippen LogP contribution in [0.15, 0.2) is 42.6 Å². The highest BCUT2D eigenvalue weighted by Crippen LogP contribution is 2.43. The SMILES string of the molecule is CCCCCCCCN1C(c2cccc(O)c2C(=O)O)=CN(C)C1c1cccc(O)c1C(=O)O.[B]. The molecule has 0 spiro atoms. The highest BCUT2D eigenvalue weighted by atomic mass is 16.4. The lowest BCUT2D eigenvalue weighted by atomic mass is 10.00. The minimum absolute atomic E-state index is 0. The summed E-state index contributed by atoms with van der Waals surface area (Å²) in [5.74, 6) is -3.14. The van der Waals surface area contributed by atoms with Crippen molar-refractivity contribution in [3.63, 3.8) is 0 Å². The van der Waals surface area contributed by atoms with Gasteiger partial charge in [0, 0.05) is 39.3 Å². The molecule has 0 saturated carbocycles. The second-order valence-electron chi connectivity index (χ2n) is 8.57. The fourth-order valence-corrected chi connectivity index (χ4v) is 4.59. The smallest absolute Gasteiger partial charge is 0.340 e. The number of hydrogen-bond donors (Lipinski definition) is 4. The van der Waals surface area contributed by atoms with Crippen molar-refractivity contribution >= 4 is 26.0 Å². The van der Waals surface area contributed by atoms with E-state index >= 15 is 0 Å². The standard InChI is InChI=1S/C26H32N2O6.B/c1-3-4-5-6-7-8-15-28-19(17-11-9-13-20(29)22(17)25(31)32)16-27(2)24(28)18-12-10-14-21(30)23(18)26(33)34;/h9-14,16,24,29-30H,3-8,15H2,1-2H3,(H,31,32)(H,33,34);. The summed E-state index contributed by atoms with van der Waals surface area (Å²) in [4.78, 5) is 27.7. The van der Waals surface area contributed by atoms with E-state index in [1.165, 1.54) is 18.6 Å². The van der Waals surface area contributed by atoms with Crippen molar-refractivity contribution in [3.8, 4) is 11.5 Å². The monoisotopic (exact) mass is 479 g/mol. The first-order chi connectivity index (χ1) is 16.3. The number of unbranched alkanes of at least 4 members (excludes halogenated alkanes) is 5. The summed E-state index contributed by atoms with van der Waals surface area (Å²) in [5.41, 5.74) is 0.949. The van der Waals surface area contributed by atoms with Crippen molar-refractivity contribution in [1.29, 1.82) is 0 Å². The molecular formula is C26H32BN2O6. The van der Waals surface area contributed by atoms with Crippen LogP contribution < -0.4 is 0 Å². The van der Waals surface area contributed by atoms with Gasteiger partial charge in [0.1, 0.15) is 28.8 Å². The molecule has 0 aromatic heterocycles. The molecule has 1 unspecified atom stereocenters. The Morgan fingerprint density at radius 3 is 2.06 bits per heavy atom. The Balaban J connectivity index is 0.00000432. The van der Waals surface area contributed by atoms with Crippen LogP contribution in [0.2, 0.25) is 0 Å². The first kappa shape index (κ1) is 27.6. The molecule has 0 aliphatic carbocycles. The van der Waals surface area contributed by atoms with Gasteiger partial charge < -0.3 is 30.2 Å². The van der Waals surface area contributed by atoms with Crippen LogP contribution in [0.25, 0.3) is 5.70 Å². The molecule has 1 aliphatic heterocycles. The molecule has 8 nitrogen and oxygen atoms in total. The molecule has 185 valence electrons. The van der Waals surface area contributed by atoms with Crippen LogP contribution >= 0.6 is 0 Å². The minimum Gasteiger partial charge on any atom is -0.507 e. The molecule has 0 fully saturated rings. The van der Waals surface area contributed by atoms with Gasteiger partial charge in [0.25, 0.3) is 0 Å². The van der Waals surface area contributed by atoms with Crippen LogP contribution in [0.3, 0.4) is 0 Å². The van der Waals surface area contributed by atoms with E-state index in [-0.39, 0.29) is 31.0 Å². The van der Waals surface area contributed by atoms with Gasteiger partial charge >= 0.3 is 11.9 Å². The van der Waals surface area contributed by atoms with E-state index in [0.29, 0.717) is 23.4 Å². The zero-order valence-corrected chi connectivity index (χ0v) is 20.1. The summed E-state index contributed by atoms with van der Waals surface area (Å²) in [6.07, 6.45) is 7.57. The zero-order chi connectivity index (χ0) is 24.8. The molecule has 1 heterocycles. The number of benzene rings is 2. The number of aromatic carboxylic acids is 2. The molecule has 1 aliphatic rings. The molecule has 9 heteroatoms. The van der Waals surface area contributed by atoms with E-state index in [1.807, 2.05) is 9.80 Å². The fraction of sp³-hybridized carbons (Fsp3) is 0.385. The Labute approximate surface area is 207 Å². The molecule has 4 N–H and O–H groups in total. The third kappa shape index (κ3) is 5.91. The normalized spacial score (nSPS) is 15.0. The number of phenols is 2. The van der Waals surface area contributed by atoms with Crippen molar-refractivity contribution in [3.05, 3.63) is 64.9 Å². The van der Waals surface area contributed by atoms with Crippen LogP contribution in [0, 0.1) is 0 Å². The quantitative estimate of drug-likeness (QED) is 0.270. The molecule has 3 rings (SSSR count). The van der Waals surface area contributed by atoms with E-state index in [9.17, 15) is 30.0 Å². The maximum atomic E-state index is 12.0. The predicted octanol–water partition coefficient (Wildman–Crippen LogP) is 4.72. The van der Waals surface area contributed by atoms with Crippen LogP contribution in [-0.2, 0) is 0 Å². The highest BCUT2D eigenvalue weighted by Gasteiger charge is 2.36. The van der Waals surface area contributed by atoms with Gasteiger partial charge in [-0.15, -0.1) is 0 Å². The molecule has 3 radical (unpaired) electrons.